The number of piperidine rings is 1. The van der Waals surface area contributed by atoms with Crippen molar-refractivity contribution in [2.24, 2.45) is 5.41 Å². The Hall–Kier alpha value is -0.170. The van der Waals surface area contributed by atoms with E-state index in [1.54, 1.807) is 11.4 Å². The van der Waals surface area contributed by atoms with Gasteiger partial charge in [-0.15, -0.1) is 0 Å². The van der Waals surface area contributed by atoms with Crippen LogP contribution in [0.15, 0.2) is 0 Å². The topological polar surface area (TPSA) is 55.8 Å². The second-order valence-corrected chi connectivity index (χ2v) is 7.24. The highest BCUT2D eigenvalue weighted by molar-refractivity contribution is 7.88. The Bertz CT molecular complexity index is 360. The Labute approximate surface area is 103 Å². The molecule has 5 nitrogen and oxygen atoms in total. The maximum Gasteiger partial charge on any atom is 0.211 e. The summed E-state index contributed by atoms with van der Waals surface area (Å²) in [7, 11) is -1.35. The summed E-state index contributed by atoms with van der Waals surface area (Å²) in [6.07, 6.45) is 4.27. The number of sulfonamides is 1. The molecule has 1 atom stereocenters. The van der Waals surface area contributed by atoms with E-state index in [0.717, 1.165) is 25.9 Å². The van der Waals surface area contributed by atoms with Gasteiger partial charge in [-0.05, 0) is 24.7 Å². The minimum atomic E-state index is -3.03. The van der Waals surface area contributed by atoms with Crippen LogP contribution >= 0.6 is 0 Å². The van der Waals surface area contributed by atoms with Crippen LogP contribution in [0.3, 0.4) is 0 Å². The second-order valence-electron chi connectivity index (χ2n) is 5.25. The molecule has 6 heteroatoms. The number of nitrogens with zero attached hydrogens (tertiary/aromatic N) is 1. The molecule has 0 amide bonds. The molecule has 2 aliphatic rings. The van der Waals surface area contributed by atoms with Gasteiger partial charge in [-0.3, -0.25) is 0 Å². The molecule has 2 aliphatic heterocycles. The van der Waals surface area contributed by atoms with Gasteiger partial charge in [0.05, 0.1) is 25.6 Å². The predicted octanol–water partition coefficient (Wildman–Crippen LogP) is 0.464. The summed E-state index contributed by atoms with van der Waals surface area (Å²) in [6, 6.07) is 0. The van der Waals surface area contributed by atoms with Crippen molar-refractivity contribution in [3.8, 4) is 0 Å². The maximum absolute atomic E-state index is 11.4. The number of hydrogen-bond acceptors (Lipinski definition) is 4. The van der Waals surface area contributed by atoms with Crippen molar-refractivity contribution < 1.29 is 17.9 Å². The van der Waals surface area contributed by atoms with Crippen LogP contribution in [0.5, 0.6) is 0 Å². The average Bonchev–Trinajstić information content (AvgIpc) is 2.61. The van der Waals surface area contributed by atoms with Crippen LogP contribution < -0.4 is 0 Å². The van der Waals surface area contributed by atoms with Crippen LogP contribution in [0.25, 0.3) is 0 Å². The predicted molar refractivity (Wildman–Crippen MR) is 64.3 cm³/mol. The van der Waals surface area contributed by atoms with Gasteiger partial charge >= 0.3 is 0 Å². The SMILES string of the molecule is COC[C@@H]1CC2(CCN(S(C)(=O)=O)CC2)CO1. The summed E-state index contributed by atoms with van der Waals surface area (Å²) >= 11 is 0. The second kappa shape index (κ2) is 4.84. The molecule has 100 valence electrons. The summed E-state index contributed by atoms with van der Waals surface area (Å²) in [6.45, 7) is 2.64. The van der Waals surface area contributed by atoms with Crippen molar-refractivity contribution in [2.45, 2.75) is 25.4 Å². The summed E-state index contributed by atoms with van der Waals surface area (Å²) in [5, 5.41) is 0. The molecule has 0 aliphatic carbocycles. The lowest BCUT2D eigenvalue weighted by Gasteiger charge is -2.37. The van der Waals surface area contributed by atoms with Gasteiger partial charge in [0.15, 0.2) is 0 Å². The Morgan fingerprint density at radius 2 is 2.06 bits per heavy atom. The zero-order valence-electron chi connectivity index (χ0n) is 10.5. The van der Waals surface area contributed by atoms with Crippen LogP contribution in [-0.4, -0.2) is 58.5 Å². The molecular formula is C11H21NO4S. The Kier molecular flexibility index (Phi) is 3.77. The first-order chi connectivity index (χ1) is 7.95. The van der Waals surface area contributed by atoms with Crippen LogP contribution in [0.1, 0.15) is 19.3 Å². The van der Waals surface area contributed by atoms with E-state index in [-0.39, 0.29) is 11.5 Å². The lowest BCUT2D eigenvalue weighted by Crippen LogP contribution is -2.43. The minimum absolute atomic E-state index is 0.185. The molecule has 2 fully saturated rings. The summed E-state index contributed by atoms with van der Waals surface area (Å²) < 4.78 is 35.3. The smallest absolute Gasteiger partial charge is 0.211 e. The summed E-state index contributed by atoms with van der Waals surface area (Å²) in [5.41, 5.74) is 0.185. The van der Waals surface area contributed by atoms with E-state index < -0.39 is 10.0 Å². The van der Waals surface area contributed by atoms with Crippen molar-refractivity contribution >= 4 is 10.0 Å². The summed E-state index contributed by atoms with van der Waals surface area (Å²) in [5.74, 6) is 0. The fourth-order valence-electron chi connectivity index (χ4n) is 2.83. The molecule has 0 radical (unpaired) electrons. The molecule has 0 saturated carbocycles. The van der Waals surface area contributed by atoms with Gasteiger partial charge in [-0.1, -0.05) is 0 Å². The third kappa shape index (κ3) is 2.99. The van der Waals surface area contributed by atoms with Crippen molar-refractivity contribution in [3.63, 3.8) is 0 Å². The van der Waals surface area contributed by atoms with E-state index in [1.807, 2.05) is 0 Å². The molecule has 17 heavy (non-hydrogen) atoms. The van der Waals surface area contributed by atoms with Crippen LogP contribution in [-0.2, 0) is 19.5 Å². The molecule has 0 aromatic heterocycles. The van der Waals surface area contributed by atoms with Gasteiger partial charge in [0.25, 0.3) is 0 Å². The third-order valence-corrected chi connectivity index (χ3v) is 5.19. The van der Waals surface area contributed by atoms with E-state index in [1.165, 1.54) is 6.26 Å². The maximum atomic E-state index is 11.4. The van der Waals surface area contributed by atoms with Gasteiger partial charge in [-0.25, -0.2) is 12.7 Å². The van der Waals surface area contributed by atoms with Crippen molar-refractivity contribution in [1.29, 1.82) is 0 Å². The van der Waals surface area contributed by atoms with Gasteiger partial charge in [-0.2, -0.15) is 0 Å². The van der Waals surface area contributed by atoms with Crippen molar-refractivity contribution in [2.75, 3.05) is 39.7 Å². The number of hydrogen-bond donors (Lipinski definition) is 0. The monoisotopic (exact) mass is 263 g/mol. The molecule has 2 heterocycles. The van der Waals surface area contributed by atoms with Crippen LogP contribution in [0.4, 0.5) is 0 Å². The first kappa shape index (κ1) is 13.3. The Morgan fingerprint density at radius 3 is 2.59 bits per heavy atom. The Balaban J connectivity index is 1.91. The molecular weight excluding hydrogens is 242 g/mol. The molecule has 0 aromatic rings. The van der Waals surface area contributed by atoms with Gasteiger partial charge in [0.2, 0.25) is 10.0 Å². The van der Waals surface area contributed by atoms with Crippen LogP contribution in [0.2, 0.25) is 0 Å². The zero-order chi connectivity index (χ0) is 12.5. The largest absolute Gasteiger partial charge is 0.382 e. The van der Waals surface area contributed by atoms with E-state index in [9.17, 15) is 8.42 Å². The van der Waals surface area contributed by atoms with E-state index >= 15 is 0 Å². The lowest BCUT2D eigenvalue weighted by atomic mass is 9.77. The fraction of sp³-hybridized carbons (Fsp3) is 1.00. The average molecular weight is 263 g/mol. The highest BCUT2D eigenvalue weighted by Crippen LogP contribution is 2.42. The number of methoxy groups -OCH3 is 1. The van der Waals surface area contributed by atoms with Gasteiger partial charge < -0.3 is 9.47 Å². The third-order valence-electron chi connectivity index (χ3n) is 3.89. The zero-order valence-corrected chi connectivity index (χ0v) is 11.3. The highest BCUT2D eigenvalue weighted by Gasteiger charge is 2.43. The Morgan fingerprint density at radius 1 is 1.41 bits per heavy atom. The molecule has 0 unspecified atom stereocenters. The number of ether oxygens (including phenoxy) is 2. The molecule has 1 spiro atoms. The minimum Gasteiger partial charge on any atom is -0.382 e. The first-order valence-electron chi connectivity index (χ1n) is 6.01. The van der Waals surface area contributed by atoms with E-state index in [4.69, 9.17) is 9.47 Å². The fourth-order valence-corrected chi connectivity index (χ4v) is 3.67. The molecule has 2 rings (SSSR count). The molecule has 0 aromatic carbocycles. The van der Waals surface area contributed by atoms with Crippen molar-refractivity contribution in [3.05, 3.63) is 0 Å². The van der Waals surface area contributed by atoms with Crippen LogP contribution in [0, 0.1) is 5.41 Å². The molecule has 2 saturated heterocycles. The standard InChI is InChI=1S/C11H21NO4S/c1-15-8-10-7-11(9-16-10)3-5-12(6-4-11)17(2,13)14/h10H,3-9H2,1-2H3/t10-/m0/s1. The molecule has 0 N–H and O–H groups in total. The summed E-state index contributed by atoms with van der Waals surface area (Å²) in [4.78, 5) is 0. The van der Waals surface area contributed by atoms with E-state index in [2.05, 4.69) is 0 Å². The van der Waals surface area contributed by atoms with E-state index in [0.29, 0.717) is 19.7 Å². The van der Waals surface area contributed by atoms with Gasteiger partial charge in [0.1, 0.15) is 0 Å². The normalized spacial score (nSPS) is 29.9. The number of rotatable bonds is 3. The lowest BCUT2D eigenvalue weighted by molar-refractivity contribution is 0.0312. The van der Waals surface area contributed by atoms with Gasteiger partial charge in [0, 0.05) is 20.2 Å². The quantitative estimate of drug-likeness (QED) is 0.742. The van der Waals surface area contributed by atoms with Crippen molar-refractivity contribution in [1.82, 2.24) is 4.31 Å². The molecule has 0 bridgehead atoms. The highest BCUT2D eigenvalue weighted by atomic mass is 32.2. The first-order valence-corrected chi connectivity index (χ1v) is 7.86.